The largest absolute Gasteiger partial charge is 0.341 e. The quantitative estimate of drug-likeness (QED) is 0.340. The first-order chi connectivity index (χ1) is 23.3. The number of nitrogens with one attached hydrogen (secondary N) is 2. The number of amides is 3. The number of rotatable bonds is 12. The molecule has 49 heavy (non-hydrogen) atoms. The molecule has 1 aliphatic heterocycles. The summed E-state index contributed by atoms with van der Waals surface area (Å²) in [5.74, 6) is -2.93. The highest BCUT2D eigenvalue weighted by Crippen LogP contribution is 2.37. The summed E-state index contributed by atoms with van der Waals surface area (Å²) in [6, 6.07) is 2.60. The van der Waals surface area contributed by atoms with Crippen LogP contribution in [0.4, 0.5) is 8.78 Å². The normalized spacial score (nSPS) is 24.3. The molecule has 1 aromatic heterocycles. The van der Waals surface area contributed by atoms with Crippen molar-refractivity contribution in [1.29, 1.82) is 0 Å². The summed E-state index contributed by atoms with van der Waals surface area (Å²) in [4.78, 5) is 57.7. The van der Waals surface area contributed by atoms with Crippen LogP contribution in [0.5, 0.6) is 0 Å². The number of halogens is 2. The van der Waals surface area contributed by atoms with Crippen LogP contribution >= 0.6 is 0 Å². The summed E-state index contributed by atoms with van der Waals surface area (Å²) in [6.07, 6.45) is 4.33. The van der Waals surface area contributed by atoms with Crippen LogP contribution in [0.25, 0.3) is 0 Å². The third-order valence-corrected chi connectivity index (χ3v) is 11.1. The van der Waals surface area contributed by atoms with Gasteiger partial charge in [0.2, 0.25) is 5.91 Å². The standard InChI is InChI=1S/C36H50F2N6O5/c1-6-28-32(42-49-41-28)33(46)39-31(24-10-8-21(2)9-11-24)29(45)19-26-13-12-25(18-27(26)37)23(4)30(40-35(48)36(38)14-7-15-36)34(47)44-17-16-43(5)22(3)20-44/h12-13,18,21-24,30-31H,6-11,14-17,19-20H2,1-5H3,(H,39,46)(H,40,48)/t21?,22-,23+,24?,30-,31+/m1/s1. The molecule has 0 bridgehead atoms. The molecule has 2 heterocycles. The number of alkyl halides is 1. The van der Waals surface area contributed by atoms with Crippen LogP contribution in [0.3, 0.4) is 0 Å². The van der Waals surface area contributed by atoms with Crippen LogP contribution in [0.2, 0.25) is 0 Å². The van der Waals surface area contributed by atoms with E-state index in [1.807, 2.05) is 20.9 Å². The minimum Gasteiger partial charge on any atom is -0.341 e. The van der Waals surface area contributed by atoms with Gasteiger partial charge in [0.05, 0.1) is 6.04 Å². The molecule has 2 N–H and O–H groups in total. The van der Waals surface area contributed by atoms with Gasteiger partial charge in [-0.05, 0) is 86.7 Å². The Labute approximate surface area is 286 Å². The van der Waals surface area contributed by atoms with Crippen LogP contribution in [0.15, 0.2) is 22.8 Å². The average Bonchev–Trinajstić information content (AvgIpc) is 3.56. The van der Waals surface area contributed by atoms with Crippen molar-refractivity contribution in [2.24, 2.45) is 11.8 Å². The number of hydrogen-bond donors (Lipinski definition) is 2. The third kappa shape index (κ3) is 8.19. The maximum atomic E-state index is 15.8. The number of ketones is 1. The molecule has 2 saturated carbocycles. The number of hydrogen-bond acceptors (Lipinski definition) is 8. The highest BCUT2D eigenvalue weighted by atomic mass is 19.1. The molecule has 1 saturated heterocycles. The molecule has 0 radical (unpaired) electrons. The van der Waals surface area contributed by atoms with Gasteiger partial charge in [0.15, 0.2) is 17.1 Å². The molecular formula is C36H50F2N6O5. The van der Waals surface area contributed by atoms with Crippen LogP contribution in [0.1, 0.15) is 106 Å². The van der Waals surface area contributed by atoms with Gasteiger partial charge < -0.3 is 20.4 Å². The molecular weight excluding hydrogens is 634 g/mol. The lowest BCUT2D eigenvalue weighted by molar-refractivity contribution is -0.145. The lowest BCUT2D eigenvalue weighted by Gasteiger charge is -2.41. The zero-order chi connectivity index (χ0) is 35.5. The second kappa shape index (κ2) is 15.4. The van der Waals surface area contributed by atoms with E-state index in [1.54, 1.807) is 17.9 Å². The highest BCUT2D eigenvalue weighted by Gasteiger charge is 2.47. The number of benzene rings is 1. The lowest BCUT2D eigenvalue weighted by atomic mass is 9.77. The minimum atomic E-state index is -2.01. The van der Waals surface area contributed by atoms with E-state index < -0.39 is 41.3 Å². The fraction of sp³-hybridized carbons (Fsp3) is 0.667. The molecule has 2 aliphatic carbocycles. The van der Waals surface area contributed by atoms with Gasteiger partial charge in [-0.15, -0.1) is 0 Å². The Kier molecular flexibility index (Phi) is 11.5. The third-order valence-electron chi connectivity index (χ3n) is 11.1. The van der Waals surface area contributed by atoms with Crippen LogP contribution in [-0.4, -0.2) is 94.1 Å². The van der Waals surface area contributed by atoms with E-state index in [9.17, 15) is 19.2 Å². The Morgan fingerprint density at radius 1 is 1.06 bits per heavy atom. The van der Waals surface area contributed by atoms with E-state index in [0.29, 0.717) is 49.7 Å². The van der Waals surface area contributed by atoms with Crippen molar-refractivity contribution in [3.63, 3.8) is 0 Å². The number of aromatic nitrogens is 2. The molecule has 1 aromatic carbocycles. The van der Waals surface area contributed by atoms with Crippen molar-refractivity contribution in [2.75, 3.05) is 26.7 Å². The molecule has 11 nitrogen and oxygen atoms in total. The highest BCUT2D eigenvalue weighted by molar-refractivity contribution is 5.98. The molecule has 268 valence electrons. The zero-order valence-corrected chi connectivity index (χ0v) is 29.3. The maximum absolute atomic E-state index is 15.8. The topological polar surface area (TPSA) is 138 Å². The smallest absolute Gasteiger partial charge is 0.276 e. The lowest BCUT2D eigenvalue weighted by Crippen LogP contribution is -2.60. The summed E-state index contributed by atoms with van der Waals surface area (Å²) >= 11 is 0. The summed E-state index contributed by atoms with van der Waals surface area (Å²) in [5.41, 5.74) is -0.992. The number of aryl methyl sites for hydroxylation is 1. The Morgan fingerprint density at radius 3 is 2.39 bits per heavy atom. The Balaban J connectivity index is 1.34. The zero-order valence-electron chi connectivity index (χ0n) is 29.3. The number of piperazine rings is 1. The van der Waals surface area contributed by atoms with E-state index in [-0.39, 0.29) is 54.2 Å². The first-order valence-electron chi connectivity index (χ1n) is 17.7. The van der Waals surface area contributed by atoms with Crippen molar-refractivity contribution in [3.05, 3.63) is 46.5 Å². The molecule has 5 rings (SSSR count). The van der Waals surface area contributed by atoms with E-state index >= 15 is 8.78 Å². The number of carbonyl (C=O) groups is 4. The van der Waals surface area contributed by atoms with Gasteiger partial charge in [-0.1, -0.05) is 50.9 Å². The first kappa shape index (κ1) is 36.5. The van der Waals surface area contributed by atoms with E-state index in [4.69, 9.17) is 4.63 Å². The van der Waals surface area contributed by atoms with Gasteiger partial charge in [0.25, 0.3) is 11.8 Å². The van der Waals surface area contributed by atoms with Gasteiger partial charge in [-0.2, -0.15) is 0 Å². The van der Waals surface area contributed by atoms with Gasteiger partial charge in [-0.3, -0.25) is 19.2 Å². The van der Waals surface area contributed by atoms with Crippen molar-refractivity contribution in [3.8, 4) is 0 Å². The fourth-order valence-corrected chi connectivity index (χ4v) is 7.21. The number of carbonyl (C=O) groups excluding carboxylic acids is 4. The van der Waals surface area contributed by atoms with Crippen LogP contribution in [0, 0.1) is 17.7 Å². The summed E-state index contributed by atoms with van der Waals surface area (Å²) in [7, 11) is 1.98. The molecule has 4 atom stereocenters. The van der Waals surface area contributed by atoms with E-state index in [0.717, 1.165) is 25.7 Å². The van der Waals surface area contributed by atoms with Gasteiger partial charge in [0, 0.05) is 38.0 Å². The second-order valence-electron chi connectivity index (χ2n) is 14.6. The predicted octanol–water partition coefficient (Wildman–Crippen LogP) is 4.15. The number of likely N-dealkylation sites (N-methyl/N-ethyl adjacent to an activating group) is 1. The summed E-state index contributed by atoms with van der Waals surface area (Å²) in [5, 5.41) is 13.1. The Morgan fingerprint density at radius 2 is 1.78 bits per heavy atom. The molecule has 3 fully saturated rings. The molecule has 3 aliphatic rings. The molecule has 3 amide bonds. The van der Waals surface area contributed by atoms with Crippen LogP contribution in [-0.2, 0) is 27.2 Å². The molecule has 0 spiro atoms. The van der Waals surface area contributed by atoms with Crippen LogP contribution < -0.4 is 10.6 Å². The van der Waals surface area contributed by atoms with Crippen molar-refractivity contribution in [1.82, 2.24) is 30.7 Å². The summed E-state index contributed by atoms with van der Waals surface area (Å²) in [6.45, 7) is 9.27. The fourth-order valence-electron chi connectivity index (χ4n) is 7.21. The second-order valence-corrected chi connectivity index (χ2v) is 14.6. The summed E-state index contributed by atoms with van der Waals surface area (Å²) < 4.78 is 35.7. The minimum absolute atomic E-state index is 0.0345. The van der Waals surface area contributed by atoms with Crippen molar-refractivity contribution in [2.45, 2.75) is 115 Å². The van der Waals surface area contributed by atoms with Gasteiger partial charge in [0.1, 0.15) is 17.6 Å². The number of nitrogens with zero attached hydrogens (tertiary/aromatic N) is 4. The molecule has 0 unspecified atom stereocenters. The maximum Gasteiger partial charge on any atom is 0.276 e. The predicted molar refractivity (Wildman–Crippen MR) is 178 cm³/mol. The Bertz CT molecular complexity index is 1520. The van der Waals surface area contributed by atoms with Crippen molar-refractivity contribution >= 4 is 23.5 Å². The SMILES string of the molecule is CCc1nonc1C(=O)N[C@H](C(=O)Cc1ccc([C@H](C)[C@@H](NC(=O)C2(F)CCC2)C(=O)N2CCN(C)[C@H](C)C2)cc1F)C1CCC(C)CC1. The first-order valence-corrected chi connectivity index (χ1v) is 17.7. The van der Waals surface area contributed by atoms with Gasteiger partial charge in [-0.25, -0.2) is 13.4 Å². The van der Waals surface area contributed by atoms with Crippen molar-refractivity contribution < 1.29 is 32.6 Å². The average molecular weight is 685 g/mol. The van der Waals surface area contributed by atoms with E-state index in [2.05, 4.69) is 32.8 Å². The monoisotopic (exact) mass is 684 g/mol. The number of Topliss-reactive ketones (excluding diaryl/α,β-unsaturated/α-hetero) is 1. The Hall–Kier alpha value is -3.74. The molecule has 13 heteroatoms. The molecule has 2 aromatic rings. The van der Waals surface area contributed by atoms with E-state index in [1.165, 1.54) is 12.1 Å². The van der Waals surface area contributed by atoms with Gasteiger partial charge >= 0.3 is 0 Å².